The van der Waals surface area contributed by atoms with Crippen LogP contribution < -0.4 is 15.8 Å². The van der Waals surface area contributed by atoms with E-state index < -0.39 is 11.8 Å². The van der Waals surface area contributed by atoms with Gasteiger partial charge in [-0.15, -0.1) is 0 Å². The molecule has 1 aliphatic rings. The van der Waals surface area contributed by atoms with E-state index in [1.807, 2.05) is 0 Å². The molecule has 1 fully saturated rings. The standard InChI is InChI=1S/C12H10N2O4S/c13-10(15)6-18-8-3-1-7(2-4-8)5-9-11(16)14-12(17)19-9/h1-5H,6H2,(H2,13,15)(H,14,16,17)/b9-5+. The van der Waals surface area contributed by atoms with Crippen LogP contribution in [-0.4, -0.2) is 23.7 Å². The van der Waals surface area contributed by atoms with Crippen molar-refractivity contribution in [3.8, 4) is 5.75 Å². The first-order chi connectivity index (χ1) is 9.04. The molecule has 2 rings (SSSR count). The molecular weight excluding hydrogens is 268 g/mol. The normalized spacial score (nSPS) is 16.5. The molecule has 1 aromatic rings. The summed E-state index contributed by atoms with van der Waals surface area (Å²) in [7, 11) is 0. The lowest BCUT2D eigenvalue weighted by Gasteiger charge is -2.03. The topological polar surface area (TPSA) is 98.5 Å². The Balaban J connectivity index is 2.06. The third-order valence-electron chi connectivity index (χ3n) is 2.20. The fourth-order valence-corrected chi connectivity index (χ4v) is 2.07. The number of carbonyl (C=O) groups is 3. The van der Waals surface area contributed by atoms with Gasteiger partial charge in [0, 0.05) is 0 Å². The molecule has 3 amide bonds. The van der Waals surface area contributed by atoms with Crippen LogP contribution in [0.1, 0.15) is 5.56 Å². The van der Waals surface area contributed by atoms with Crippen LogP contribution in [0.4, 0.5) is 4.79 Å². The van der Waals surface area contributed by atoms with Crippen LogP contribution in [0.5, 0.6) is 5.75 Å². The summed E-state index contributed by atoms with van der Waals surface area (Å²) in [5.74, 6) is -0.451. The van der Waals surface area contributed by atoms with Gasteiger partial charge in [0.2, 0.25) is 0 Å². The second kappa shape index (κ2) is 5.57. The molecule has 0 saturated carbocycles. The quantitative estimate of drug-likeness (QED) is 0.796. The van der Waals surface area contributed by atoms with Crippen LogP contribution in [0.25, 0.3) is 6.08 Å². The molecule has 3 N–H and O–H groups in total. The van der Waals surface area contributed by atoms with Gasteiger partial charge in [-0.05, 0) is 35.5 Å². The first-order valence-corrected chi connectivity index (χ1v) is 6.12. The number of thioether (sulfide) groups is 1. The van der Waals surface area contributed by atoms with Gasteiger partial charge in [0.1, 0.15) is 5.75 Å². The van der Waals surface area contributed by atoms with Crippen LogP contribution >= 0.6 is 11.8 Å². The van der Waals surface area contributed by atoms with Gasteiger partial charge in [-0.2, -0.15) is 0 Å². The Kier molecular flexibility index (Phi) is 3.86. The van der Waals surface area contributed by atoms with E-state index in [1.54, 1.807) is 30.3 Å². The first-order valence-electron chi connectivity index (χ1n) is 5.30. The van der Waals surface area contributed by atoms with E-state index in [0.29, 0.717) is 10.7 Å². The zero-order valence-corrected chi connectivity index (χ0v) is 10.5. The van der Waals surface area contributed by atoms with Gasteiger partial charge < -0.3 is 10.5 Å². The number of benzene rings is 1. The fraction of sp³-hybridized carbons (Fsp3) is 0.0833. The van der Waals surface area contributed by atoms with E-state index in [1.165, 1.54) is 0 Å². The molecular formula is C12H10N2O4S. The molecule has 1 aromatic carbocycles. The molecule has 0 unspecified atom stereocenters. The Labute approximate surface area is 113 Å². The molecule has 98 valence electrons. The molecule has 7 heteroatoms. The molecule has 0 aromatic heterocycles. The maximum atomic E-state index is 11.3. The minimum absolute atomic E-state index is 0.187. The van der Waals surface area contributed by atoms with Crippen LogP contribution in [0.15, 0.2) is 29.2 Å². The molecule has 1 aliphatic heterocycles. The van der Waals surface area contributed by atoms with Gasteiger partial charge >= 0.3 is 0 Å². The van der Waals surface area contributed by atoms with Crippen molar-refractivity contribution in [3.05, 3.63) is 34.7 Å². The van der Waals surface area contributed by atoms with Crippen LogP contribution in [-0.2, 0) is 9.59 Å². The summed E-state index contributed by atoms with van der Waals surface area (Å²) in [6.45, 7) is -0.187. The Bertz CT molecular complexity index is 566. The minimum atomic E-state index is -0.552. The lowest BCUT2D eigenvalue weighted by molar-refractivity contribution is -0.120. The summed E-state index contributed by atoms with van der Waals surface area (Å²) in [5, 5.41) is 1.79. The SMILES string of the molecule is NC(=O)COc1ccc(/C=C2/SC(=O)NC2=O)cc1. The van der Waals surface area contributed by atoms with Crippen molar-refractivity contribution < 1.29 is 19.1 Å². The van der Waals surface area contributed by atoms with E-state index in [0.717, 1.165) is 17.3 Å². The van der Waals surface area contributed by atoms with E-state index in [9.17, 15) is 14.4 Å². The highest BCUT2D eigenvalue weighted by atomic mass is 32.2. The van der Waals surface area contributed by atoms with Crippen molar-refractivity contribution in [1.29, 1.82) is 0 Å². The van der Waals surface area contributed by atoms with Crippen molar-refractivity contribution in [2.75, 3.05) is 6.61 Å². The fourth-order valence-electron chi connectivity index (χ4n) is 1.39. The Morgan fingerprint density at radius 1 is 1.32 bits per heavy atom. The predicted molar refractivity (Wildman–Crippen MR) is 70.2 cm³/mol. The second-order valence-corrected chi connectivity index (χ2v) is 4.69. The number of primary amides is 1. The highest BCUT2D eigenvalue weighted by Gasteiger charge is 2.24. The highest BCUT2D eigenvalue weighted by Crippen LogP contribution is 2.26. The van der Waals surface area contributed by atoms with Crippen LogP contribution in [0, 0.1) is 0 Å². The van der Waals surface area contributed by atoms with Crippen molar-refractivity contribution in [2.24, 2.45) is 5.73 Å². The van der Waals surface area contributed by atoms with Gasteiger partial charge in [-0.3, -0.25) is 19.7 Å². The number of carbonyl (C=O) groups excluding carboxylic acids is 3. The van der Waals surface area contributed by atoms with E-state index in [-0.39, 0.29) is 11.8 Å². The number of ether oxygens (including phenoxy) is 1. The predicted octanol–water partition coefficient (Wildman–Crippen LogP) is 0.875. The zero-order valence-electron chi connectivity index (χ0n) is 9.71. The Morgan fingerprint density at radius 3 is 2.53 bits per heavy atom. The molecule has 0 spiro atoms. The molecule has 6 nitrogen and oxygen atoms in total. The largest absolute Gasteiger partial charge is 0.484 e. The van der Waals surface area contributed by atoms with E-state index in [4.69, 9.17) is 10.5 Å². The number of hydrogen-bond donors (Lipinski definition) is 2. The third-order valence-corrected chi connectivity index (χ3v) is 3.01. The number of rotatable bonds is 4. The van der Waals surface area contributed by atoms with Crippen molar-refractivity contribution in [1.82, 2.24) is 5.32 Å². The molecule has 1 saturated heterocycles. The van der Waals surface area contributed by atoms with Gasteiger partial charge in [-0.25, -0.2) is 0 Å². The monoisotopic (exact) mass is 278 g/mol. The number of hydrogen-bond acceptors (Lipinski definition) is 5. The smallest absolute Gasteiger partial charge is 0.290 e. The summed E-state index contributed by atoms with van der Waals surface area (Å²) in [5.41, 5.74) is 5.70. The second-order valence-electron chi connectivity index (χ2n) is 3.68. The number of nitrogens with one attached hydrogen (secondary N) is 1. The molecule has 19 heavy (non-hydrogen) atoms. The van der Waals surface area contributed by atoms with Gasteiger partial charge in [0.25, 0.3) is 17.1 Å². The Hall–Kier alpha value is -2.28. The minimum Gasteiger partial charge on any atom is -0.484 e. The first kappa shape index (κ1) is 13.2. The summed E-state index contributed by atoms with van der Waals surface area (Å²) in [6, 6.07) is 6.71. The maximum Gasteiger partial charge on any atom is 0.290 e. The Morgan fingerprint density at radius 2 is 2.00 bits per heavy atom. The van der Waals surface area contributed by atoms with Gasteiger partial charge in [-0.1, -0.05) is 12.1 Å². The summed E-state index contributed by atoms with van der Waals surface area (Å²) >= 11 is 0.856. The van der Waals surface area contributed by atoms with Gasteiger partial charge in [0.15, 0.2) is 6.61 Å². The summed E-state index contributed by atoms with van der Waals surface area (Å²) in [4.78, 5) is 33.2. The van der Waals surface area contributed by atoms with Crippen molar-refractivity contribution in [3.63, 3.8) is 0 Å². The lowest BCUT2D eigenvalue weighted by Crippen LogP contribution is -2.19. The molecule has 0 aliphatic carbocycles. The molecule has 1 heterocycles. The van der Waals surface area contributed by atoms with Crippen LogP contribution in [0.3, 0.4) is 0 Å². The molecule has 0 radical (unpaired) electrons. The average Bonchev–Trinajstić information content (AvgIpc) is 2.67. The summed E-state index contributed by atoms with van der Waals surface area (Å²) < 4.78 is 5.10. The number of nitrogens with two attached hydrogens (primary N) is 1. The third kappa shape index (κ3) is 3.59. The van der Waals surface area contributed by atoms with Gasteiger partial charge in [0.05, 0.1) is 4.91 Å². The van der Waals surface area contributed by atoms with Crippen molar-refractivity contribution in [2.45, 2.75) is 0 Å². The lowest BCUT2D eigenvalue weighted by atomic mass is 10.2. The average molecular weight is 278 g/mol. The molecule has 0 atom stereocenters. The van der Waals surface area contributed by atoms with Crippen molar-refractivity contribution >= 4 is 34.9 Å². The van der Waals surface area contributed by atoms with E-state index in [2.05, 4.69) is 5.32 Å². The maximum absolute atomic E-state index is 11.3. The number of imide groups is 1. The van der Waals surface area contributed by atoms with E-state index >= 15 is 0 Å². The highest BCUT2D eigenvalue weighted by molar-refractivity contribution is 8.18. The molecule has 0 bridgehead atoms. The summed E-state index contributed by atoms with van der Waals surface area (Å²) in [6.07, 6.45) is 1.60. The van der Waals surface area contributed by atoms with Crippen LogP contribution in [0.2, 0.25) is 0 Å². The number of amides is 3. The zero-order chi connectivity index (χ0) is 13.8.